The van der Waals surface area contributed by atoms with Crippen molar-refractivity contribution in [3.8, 4) is 5.75 Å². The van der Waals surface area contributed by atoms with E-state index in [1.54, 1.807) is 0 Å². The van der Waals surface area contributed by atoms with Crippen LogP contribution in [0.25, 0.3) is 5.57 Å². The highest BCUT2D eigenvalue weighted by Gasteiger charge is 2.43. The summed E-state index contributed by atoms with van der Waals surface area (Å²) < 4.78 is 5.92. The number of hydrogen-bond donors (Lipinski definition) is 0. The number of amides is 2. The van der Waals surface area contributed by atoms with Crippen LogP contribution in [0.5, 0.6) is 5.75 Å². The maximum Gasteiger partial charge on any atom is 0.278 e. The second kappa shape index (κ2) is 8.82. The van der Waals surface area contributed by atoms with Crippen molar-refractivity contribution in [3.63, 3.8) is 0 Å². The first-order valence-electron chi connectivity index (χ1n) is 11.7. The second-order valence-corrected chi connectivity index (χ2v) is 9.05. The summed E-state index contributed by atoms with van der Waals surface area (Å²) in [6.07, 6.45) is 0.845. The average Bonchev–Trinajstić information content (AvgIpc) is 3.33. The summed E-state index contributed by atoms with van der Waals surface area (Å²) in [7, 11) is 0. The number of carbonyl (C=O) groups excluding carboxylic acids is 2. The van der Waals surface area contributed by atoms with Crippen LogP contribution >= 0.6 is 0 Å². The van der Waals surface area contributed by atoms with E-state index in [4.69, 9.17) is 4.74 Å². The number of para-hydroxylation sites is 1. The van der Waals surface area contributed by atoms with Crippen molar-refractivity contribution in [1.29, 1.82) is 0 Å². The van der Waals surface area contributed by atoms with E-state index < -0.39 is 0 Å². The first-order chi connectivity index (χ1) is 16.4. The minimum atomic E-state index is -0.266. The second-order valence-electron chi connectivity index (χ2n) is 9.05. The number of rotatable bonds is 6. The monoisotopic (exact) mass is 452 g/mol. The number of aryl methyl sites for hydroxylation is 3. The zero-order chi connectivity index (χ0) is 23.8. The quantitative estimate of drug-likeness (QED) is 0.503. The van der Waals surface area contributed by atoms with E-state index in [-0.39, 0.29) is 25.0 Å². The van der Waals surface area contributed by atoms with Crippen LogP contribution in [0, 0.1) is 20.8 Å². The molecule has 0 saturated heterocycles. The summed E-state index contributed by atoms with van der Waals surface area (Å²) >= 11 is 0. The molecule has 0 aromatic heterocycles. The third-order valence-electron chi connectivity index (χ3n) is 6.42. The molecular weight excluding hydrogens is 424 g/mol. The predicted molar refractivity (Wildman–Crippen MR) is 134 cm³/mol. The Morgan fingerprint density at radius 1 is 0.824 bits per heavy atom. The Balaban J connectivity index is 1.45. The van der Waals surface area contributed by atoms with E-state index in [1.165, 1.54) is 10.5 Å². The summed E-state index contributed by atoms with van der Waals surface area (Å²) in [4.78, 5) is 30.6. The molecule has 34 heavy (non-hydrogen) atoms. The average molecular weight is 453 g/mol. The molecule has 5 nitrogen and oxygen atoms in total. The van der Waals surface area contributed by atoms with Crippen molar-refractivity contribution in [3.05, 3.63) is 100 Å². The zero-order valence-corrected chi connectivity index (χ0v) is 19.8. The summed E-state index contributed by atoms with van der Waals surface area (Å²) in [5, 5.41) is 0. The van der Waals surface area contributed by atoms with Crippen molar-refractivity contribution in [2.24, 2.45) is 0 Å². The number of benzene rings is 3. The van der Waals surface area contributed by atoms with Gasteiger partial charge in [0, 0.05) is 12.2 Å². The lowest BCUT2D eigenvalue weighted by Crippen LogP contribution is -2.37. The Kier molecular flexibility index (Phi) is 5.70. The van der Waals surface area contributed by atoms with Crippen LogP contribution < -0.4 is 9.64 Å². The normalized spacial score (nSPS) is 15.4. The molecular formula is C29H28N2O3. The van der Waals surface area contributed by atoms with Gasteiger partial charge in [0.05, 0.1) is 12.1 Å². The zero-order valence-electron chi connectivity index (χ0n) is 19.8. The van der Waals surface area contributed by atoms with Crippen molar-refractivity contribution in [2.75, 3.05) is 24.6 Å². The maximum atomic E-state index is 13.7. The highest BCUT2D eigenvalue weighted by Crippen LogP contribution is 2.38. The summed E-state index contributed by atoms with van der Waals surface area (Å²) in [6, 6.07) is 21.9. The largest absolute Gasteiger partial charge is 0.492 e. The Morgan fingerprint density at radius 2 is 1.53 bits per heavy atom. The number of anilines is 1. The molecule has 3 aromatic rings. The van der Waals surface area contributed by atoms with Crippen molar-refractivity contribution in [2.45, 2.75) is 27.2 Å². The molecule has 5 rings (SSSR count). The van der Waals surface area contributed by atoms with Gasteiger partial charge in [0.2, 0.25) is 0 Å². The molecule has 0 saturated carbocycles. The third-order valence-corrected chi connectivity index (χ3v) is 6.42. The Hall–Kier alpha value is -3.86. The van der Waals surface area contributed by atoms with Gasteiger partial charge in [0.15, 0.2) is 0 Å². The molecule has 0 bridgehead atoms. The van der Waals surface area contributed by atoms with E-state index >= 15 is 0 Å². The Labute approximate surface area is 200 Å². The molecule has 0 aliphatic carbocycles. The fourth-order valence-electron chi connectivity index (χ4n) is 4.84. The van der Waals surface area contributed by atoms with Gasteiger partial charge in [-0.1, -0.05) is 54.1 Å². The number of fused-ring (bicyclic) bond motifs is 1. The highest BCUT2D eigenvalue weighted by molar-refractivity contribution is 6.36. The smallest absolute Gasteiger partial charge is 0.278 e. The Morgan fingerprint density at radius 3 is 2.26 bits per heavy atom. The minimum absolute atomic E-state index is 0.193. The molecule has 3 aromatic carbocycles. The van der Waals surface area contributed by atoms with Crippen LogP contribution in [-0.4, -0.2) is 36.4 Å². The summed E-state index contributed by atoms with van der Waals surface area (Å²) in [6.45, 7) is 7.16. The van der Waals surface area contributed by atoms with Gasteiger partial charge in [-0.15, -0.1) is 0 Å². The summed E-state index contributed by atoms with van der Waals surface area (Å²) in [5.41, 5.74) is 7.21. The minimum Gasteiger partial charge on any atom is -0.492 e. The lowest BCUT2D eigenvalue weighted by Gasteiger charge is -2.22. The first kappa shape index (κ1) is 22.0. The molecule has 0 fully saturated rings. The van der Waals surface area contributed by atoms with Crippen LogP contribution in [0.3, 0.4) is 0 Å². The number of imide groups is 1. The molecule has 2 aliphatic heterocycles. The van der Waals surface area contributed by atoms with Gasteiger partial charge < -0.3 is 9.64 Å². The maximum absolute atomic E-state index is 13.7. The molecule has 0 radical (unpaired) electrons. The molecule has 0 unspecified atom stereocenters. The number of hydrogen-bond acceptors (Lipinski definition) is 4. The standard InChI is InChI=1S/C29H28N2O3/c1-19-8-10-23(11-9-19)26-27(30-13-12-22-6-4-5-7-25(22)30)29(33)31(28(26)32)14-15-34-24-17-20(2)16-21(3)18-24/h4-11,16-18H,12-15H2,1-3H3. The molecule has 172 valence electrons. The van der Waals surface area contributed by atoms with Crippen LogP contribution in [0.15, 0.2) is 72.4 Å². The van der Waals surface area contributed by atoms with E-state index in [2.05, 4.69) is 12.1 Å². The lowest BCUT2D eigenvalue weighted by atomic mass is 10.0. The number of carbonyl (C=O) groups is 2. The highest BCUT2D eigenvalue weighted by atomic mass is 16.5. The fourth-order valence-corrected chi connectivity index (χ4v) is 4.84. The molecule has 0 N–H and O–H groups in total. The molecule has 0 atom stereocenters. The van der Waals surface area contributed by atoms with E-state index in [1.807, 2.05) is 80.3 Å². The molecule has 2 aliphatic rings. The van der Waals surface area contributed by atoms with Gasteiger partial charge in [-0.3, -0.25) is 14.5 Å². The van der Waals surface area contributed by atoms with Gasteiger partial charge >= 0.3 is 0 Å². The fraction of sp³-hybridized carbons (Fsp3) is 0.241. The van der Waals surface area contributed by atoms with Crippen LogP contribution in [-0.2, 0) is 16.0 Å². The molecule has 0 spiro atoms. The predicted octanol–water partition coefficient (Wildman–Crippen LogP) is 4.83. The van der Waals surface area contributed by atoms with Crippen LogP contribution in [0.1, 0.15) is 27.8 Å². The molecule has 5 heteroatoms. The first-order valence-corrected chi connectivity index (χ1v) is 11.7. The van der Waals surface area contributed by atoms with E-state index in [0.717, 1.165) is 40.1 Å². The number of ether oxygens (including phenoxy) is 1. The number of nitrogens with zero attached hydrogens (tertiary/aromatic N) is 2. The van der Waals surface area contributed by atoms with E-state index in [9.17, 15) is 9.59 Å². The molecule has 2 amide bonds. The van der Waals surface area contributed by atoms with Gasteiger partial charge in [-0.25, -0.2) is 0 Å². The SMILES string of the molecule is Cc1ccc(C2=C(N3CCc4ccccc43)C(=O)N(CCOc3cc(C)cc(C)c3)C2=O)cc1. The van der Waals surface area contributed by atoms with Crippen LogP contribution in [0.2, 0.25) is 0 Å². The summed E-state index contributed by atoms with van der Waals surface area (Å²) in [5.74, 6) is 0.218. The van der Waals surface area contributed by atoms with Gasteiger partial charge in [-0.2, -0.15) is 0 Å². The van der Waals surface area contributed by atoms with Crippen molar-refractivity contribution in [1.82, 2.24) is 4.90 Å². The van der Waals surface area contributed by atoms with E-state index in [0.29, 0.717) is 17.8 Å². The third kappa shape index (κ3) is 3.98. The lowest BCUT2D eigenvalue weighted by molar-refractivity contribution is -0.137. The topological polar surface area (TPSA) is 49.9 Å². The Bertz CT molecular complexity index is 1290. The van der Waals surface area contributed by atoms with Crippen LogP contribution in [0.4, 0.5) is 5.69 Å². The van der Waals surface area contributed by atoms with Crippen molar-refractivity contribution < 1.29 is 14.3 Å². The van der Waals surface area contributed by atoms with Gasteiger partial charge in [0.1, 0.15) is 18.1 Å². The molecule has 2 heterocycles. The van der Waals surface area contributed by atoms with Gasteiger partial charge in [-0.05, 0) is 67.6 Å². The van der Waals surface area contributed by atoms with Crippen molar-refractivity contribution >= 4 is 23.1 Å². The van der Waals surface area contributed by atoms with Gasteiger partial charge in [0.25, 0.3) is 11.8 Å².